The average Bonchev–Trinajstić information content (AvgIpc) is 2.98. The third-order valence-corrected chi connectivity index (χ3v) is 6.27. The van der Waals surface area contributed by atoms with Crippen LogP contribution in [0.2, 0.25) is 0 Å². The van der Waals surface area contributed by atoms with E-state index < -0.39 is 11.4 Å². The lowest BCUT2D eigenvalue weighted by molar-refractivity contribution is -0.149. The fourth-order valence-corrected chi connectivity index (χ4v) is 4.74. The molecule has 7 heteroatoms. The van der Waals surface area contributed by atoms with Crippen LogP contribution in [0.25, 0.3) is 0 Å². The summed E-state index contributed by atoms with van der Waals surface area (Å²) in [6.07, 6.45) is 3.02. The molecule has 1 aromatic rings. The van der Waals surface area contributed by atoms with Crippen LogP contribution < -0.4 is 0 Å². The Morgan fingerprint density at radius 3 is 2.42 bits per heavy atom. The molecule has 0 unspecified atom stereocenters. The van der Waals surface area contributed by atoms with Crippen molar-refractivity contribution in [2.75, 3.05) is 26.2 Å². The van der Waals surface area contributed by atoms with Gasteiger partial charge in [0, 0.05) is 49.4 Å². The Hall–Kier alpha value is -2.02. The van der Waals surface area contributed by atoms with Gasteiger partial charge in [0.05, 0.1) is 6.54 Å². The molecule has 1 N–H and O–H groups in total. The van der Waals surface area contributed by atoms with Gasteiger partial charge >= 0.3 is 5.97 Å². The van der Waals surface area contributed by atoms with Crippen molar-refractivity contribution in [2.24, 2.45) is 17.3 Å². The lowest BCUT2D eigenvalue weighted by atomic mass is 9.81. The molecule has 140 valence electrons. The molecule has 7 nitrogen and oxygen atoms in total. The van der Waals surface area contributed by atoms with Gasteiger partial charge < -0.3 is 10.0 Å². The normalized spacial score (nSPS) is 28.8. The number of aliphatic carboxylic acids is 1. The van der Waals surface area contributed by atoms with Gasteiger partial charge in [-0.3, -0.25) is 14.5 Å². The number of carbonyl (C=O) groups excluding carboxylic acids is 1. The fourth-order valence-electron chi connectivity index (χ4n) is 4.74. The van der Waals surface area contributed by atoms with Crippen LogP contribution in [0, 0.1) is 31.1 Å². The fraction of sp³-hybridized carbons (Fsp3) is 0.684. The molecule has 1 aliphatic carbocycles. The number of rotatable bonds is 4. The molecule has 3 fully saturated rings. The highest BCUT2D eigenvalue weighted by Gasteiger charge is 2.58. The Morgan fingerprint density at radius 2 is 1.88 bits per heavy atom. The SMILES string of the molecule is Cc1cc(C)nc(CN2C[C@H]3CN(C(=O)C4CCC4)C[C@@]3(C(=O)O)C2)n1. The van der Waals surface area contributed by atoms with Crippen molar-refractivity contribution in [3.05, 3.63) is 23.3 Å². The second-order valence-corrected chi connectivity index (χ2v) is 8.24. The van der Waals surface area contributed by atoms with E-state index in [4.69, 9.17) is 0 Å². The van der Waals surface area contributed by atoms with Gasteiger partial charge in [0.1, 0.15) is 11.2 Å². The van der Waals surface area contributed by atoms with Crippen LogP contribution >= 0.6 is 0 Å². The molecule has 3 heterocycles. The first-order chi connectivity index (χ1) is 12.4. The summed E-state index contributed by atoms with van der Waals surface area (Å²) in [5.41, 5.74) is 1.01. The minimum absolute atomic E-state index is 0.0186. The molecule has 1 saturated carbocycles. The third kappa shape index (κ3) is 2.88. The molecular formula is C19H26N4O3. The Labute approximate surface area is 153 Å². The van der Waals surface area contributed by atoms with Crippen LogP contribution in [0.3, 0.4) is 0 Å². The number of hydrogen-bond donors (Lipinski definition) is 1. The summed E-state index contributed by atoms with van der Waals surface area (Å²) in [5.74, 6) is 0.227. The first-order valence-electron chi connectivity index (χ1n) is 9.43. The summed E-state index contributed by atoms with van der Waals surface area (Å²) >= 11 is 0. The number of hydrogen-bond acceptors (Lipinski definition) is 5. The monoisotopic (exact) mass is 358 g/mol. The maximum absolute atomic E-state index is 12.6. The van der Waals surface area contributed by atoms with Crippen LogP contribution in [0.5, 0.6) is 0 Å². The molecule has 3 aliphatic rings. The molecule has 0 spiro atoms. The Balaban J connectivity index is 1.48. The number of aromatic nitrogens is 2. The van der Waals surface area contributed by atoms with Crippen LogP contribution in [-0.4, -0.2) is 62.9 Å². The number of carbonyl (C=O) groups is 2. The van der Waals surface area contributed by atoms with Gasteiger partial charge in [0.2, 0.25) is 5.91 Å². The molecular weight excluding hydrogens is 332 g/mol. The van der Waals surface area contributed by atoms with E-state index in [0.29, 0.717) is 32.7 Å². The molecule has 4 rings (SSSR count). The third-order valence-electron chi connectivity index (χ3n) is 6.27. The van der Waals surface area contributed by atoms with Gasteiger partial charge in [0.15, 0.2) is 0 Å². The molecule has 0 aromatic carbocycles. The predicted molar refractivity (Wildman–Crippen MR) is 94.3 cm³/mol. The number of carboxylic acid groups (broad SMARTS) is 1. The zero-order chi connectivity index (χ0) is 18.5. The maximum Gasteiger partial charge on any atom is 0.313 e. The van der Waals surface area contributed by atoms with E-state index in [-0.39, 0.29) is 17.7 Å². The number of likely N-dealkylation sites (tertiary alicyclic amines) is 2. The number of fused-ring (bicyclic) bond motifs is 1. The number of nitrogens with zero attached hydrogens (tertiary/aromatic N) is 4. The van der Waals surface area contributed by atoms with Crippen LogP contribution in [0.1, 0.15) is 36.5 Å². The topological polar surface area (TPSA) is 86.6 Å². The molecule has 2 saturated heterocycles. The maximum atomic E-state index is 12.6. The van der Waals surface area contributed by atoms with Crippen molar-refractivity contribution in [1.29, 1.82) is 0 Å². The van der Waals surface area contributed by atoms with E-state index >= 15 is 0 Å². The average molecular weight is 358 g/mol. The van der Waals surface area contributed by atoms with Gasteiger partial charge in [0.25, 0.3) is 0 Å². The number of aryl methyl sites for hydroxylation is 2. The number of carboxylic acids is 1. The standard InChI is InChI=1S/C19H26N4O3/c1-12-6-13(2)21-16(20-12)9-22-7-15-8-23(17(24)14-4-3-5-14)11-19(15,10-22)18(25)26/h6,14-15H,3-5,7-11H2,1-2H3,(H,25,26)/t15-,19-/m0/s1. The van der Waals surface area contributed by atoms with E-state index in [1.807, 2.05) is 24.8 Å². The molecule has 26 heavy (non-hydrogen) atoms. The second kappa shape index (κ2) is 6.30. The quantitative estimate of drug-likeness (QED) is 0.871. The Morgan fingerprint density at radius 1 is 1.19 bits per heavy atom. The first kappa shape index (κ1) is 17.4. The second-order valence-electron chi connectivity index (χ2n) is 8.24. The summed E-state index contributed by atoms with van der Waals surface area (Å²) in [7, 11) is 0. The van der Waals surface area contributed by atoms with Crippen LogP contribution in [-0.2, 0) is 16.1 Å². The van der Waals surface area contributed by atoms with Gasteiger partial charge in [-0.1, -0.05) is 6.42 Å². The van der Waals surface area contributed by atoms with Crippen molar-refractivity contribution in [3.63, 3.8) is 0 Å². The molecule has 1 amide bonds. The Kier molecular flexibility index (Phi) is 4.22. The minimum atomic E-state index is -0.849. The van der Waals surface area contributed by atoms with Crippen molar-refractivity contribution < 1.29 is 14.7 Å². The van der Waals surface area contributed by atoms with Crippen molar-refractivity contribution in [2.45, 2.75) is 39.7 Å². The summed E-state index contributed by atoms with van der Waals surface area (Å²) in [4.78, 5) is 37.6. The highest BCUT2D eigenvalue weighted by molar-refractivity contribution is 5.83. The van der Waals surface area contributed by atoms with Crippen molar-refractivity contribution in [1.82, 2.24) is 19.8 Å². The zero-order valence-corrected chi connectivity index (χ0v) is 15.4. The predicted octanol–water partition coefficient (Wildman–Crippen LogP) is 1.24. The van der Waals surface area contributed by atoms with Crippen LogP contribution in [0.15, 0.2) is 6.07 Å². The molecule has 2 aliphatic heterocycles. The van der Waals surface area contributed by atoms with Crippen molar-refractivity contribution >= 4 is 11.9 Å². The highest BCUT2D eigenvalue weighted by Crippen LogP contribution is 2.44. The molecule has 0 radical (unpaired) electrons. The lowest BCUT2D eigenvalue weighted by Gasteiger charge is -2.31. The van der Waals surface area contributed by atoms with Gasteiger partial charge in [-0.15, -0.1) is 0 Å². The smallest absolute Gasteiger partial charge is 0.313 e. The minimum Gasteiger partial charge on any atom is -0.481 e. The van der Waals surface area contributed by atoms with Gasteiger partial charge in [-0.2, -0.15) is 0 Å². The largest absolute Gasteiger partial charge is 0.481 e. The van der Waals surface area contributed by atoms with Crippen LogP contribution in [0.4, 0.5) is 0 Å². The number of amides is 1. The molecule has 2 atom stereocenters. The van der Waals surface area contributed by atoms with E-state index in [1.165, 1.54) is 0 Å². The van der Waals surface area contributed by atoms with E-state index in [0.717, 1.165) is 36.5 Å². The summed E-state index contributed by atoms with van der Waals surface area (Å²) < 4.78 is 0. The van der Waals surface area contributed by atoms with E-state index in [9.17, 15) is 14.7 Å². The van der Waals surface area contributed by atoms with E-state index in [1.54, 1.807) is 0 Å². The highest BCUT2D eigenvalue weighted by atomic mass is 16.4. The van der Waals surface area contributed by atoms with Gasteiger partial charge in [-0.05, 0) is 32.8 Å². The summed E-state index contributed by atoms with van der Waals surface area (Å²) in [6, 6.07) is 1.94. The lowest BCUT2D eigenvalue weighted by Crippen LogP contribution is -2.44. The first-order valence-corrected chi connectivity index (χ1v) is 9.43. The molecule has 0 bridgehead atoms. The molecule has 1 aromatic heterocycles. The van der Waals surface area contributed by atoms with Gasteiger partial charge in [-0.25, -0.2) is 9.97 Å². The summed E-state index contributed by atoms with van der Waals surface area (Å²) in [6.45, 7) is 6.48. The van der Waals surface area contributed by atoms with Crippen molar-refractivity contribution in [3.8, 4) is 0 Å². The zero-order valence-electron chi connectivity index (χ0n) is 15.4. The van der Waals surface area contributed by atoms with E-state index in [2.05, 4.69) is 14.9 Å². The Bertz CT molecular complexity index is 728. The summed E-state index contributed by atoms with van der Waals surface area (Å²) in [5, 5.41) is 9.96.